The van der Waals surface area contributed by atoms with Crippen LogP contribution in [-0.2, 0) is 25.8 Å². The standard InChI is InChI=1S/C56H84OSi2/c1-13-17-21-37-53(5,6)45-29-25-33-49(41-45)58(50-34-26-30-46(42-50)54(7,8)38-22-18-14-2)57-59(51-35-27-31-47(43-51)55(9,10)39-23-19-15-3)52-36-28-32-48(44-52)56(11,12)40-24-20-16-4/h25-36,41-44H,13-24,37-40H2,1-12H3. The fourth-order valence-electron chi connectivity index (χ4n) is 8.84. The van der Waals surface area contributed by atoms with E-state index in [4.69, 9.17) is 4.12 Å². The molecule has 3 heteroatoms. The van der Waals surface area contributed by atoms with Crippen molar-refractivity contribution in [3.05, 3.63) is 119 Å². The Hall–Kier alpha value is -2.73. The van der Waals surface area contributed by atoms with Crippen LogP contribution in [0.15, 0.2) is 97.1 Å². The molecule has 4 aromatic carbocycles. The van der Waals surface area contributed by atoms with Crippen molar-refractivity contribution in [2.45, 2.75) is 207 Å². The number of hydrogen-bond donors (Lipinski definition) is 0. The van der Waals surface area contributed by atoms with E-state index in [9.17, 15) is 0 Å². The molecule has 4 rings (SSSR count). The summed E-state index contributed by atoms with van der Waals surface area (Å²) in [6.07, 6.45) is 20.0. The number of benzene rings is 4. The third-order valence-electron chi connectivity index (χ3n) is 13.5. The highest BCUT2D eigenvalue weighted by Crippen LogP contribution is 2.32. The van der Waals surface area contributed by atoms with Crippen molar-refractivity contribution in [2.24, 2.45) is 0 Å². The van der Waals surface area contributed by atoms with Crippen LogP contribution >= 0.6 is 0 Å². The van der Waals surface area contributed by atoms with Crippen LogP contribution in [0.5, 0.6) is 0 Å². The minimum atomic E-state index is -1.69. The van der Waals surface area contributed by atoms with Gasteiger partial charge in [-0.05, 0) is 90.3 Å². The molecule has 0 amide bonds. The molecule has 2 radical (unpaired) electrons. The maximum atomic E-state index is 8.06. The molecule has 0 aliphatic heterocycles. The zero-order chi connectivity index (χ0) is 43.1. The van der Waals surface area contributed by atoms with E-state index in [1.807, 2.05) is 0 Å². The van der Waals surface area contributed by atoms with Crippen molar-refractivity contribution in [3.63, 3.8) is 0 Å². The summed E-state index contributed by atoms with van der Waals surface area (Å²) in [4.78, 5) is 0. The molecule has 0 bridgehead atoms. The van der Waals surface area contributed by atoms with Crippen LogP contribution < -0.4 is 20.7 Å². The zero-order valence-electron chi connectivity index (χ0n) is 40.0. The summed E-state index contributed by atoms with van der Waals surface area (Å²) >= 11 is 0. The lowest BCUT2D eigenvalue weighted by Gasteiger charge is -2.31. The largest absolute Gasteiger partial charge is 0.442 e. The minimum Gasteiger partial charge on any atom is -0.442 e. The summed E-state index contributed by atoms with van der Waals surface area (Å²) in [6, 6.07) is 38.5. The van der Waals surface area contributed by atoms with Gasteiger partial charge in [0.1, 0.15) is 0 Å². The molecule has 0 heterocycles. The quantitative estimate of drug-likeness (QED) is 0.0453. The van der Waals surface area contributed by atoms with E-state index in [0.29, 0.717) is 0 Å². The van der Waals surface area contributed by atoms with Gasteiger partial charge in [-0.2, -0.15) is 0 Å². The van der Waals surface area contributed by atoms with Crippen molar-refractivity contribution in [3.8, 4) is 0 Å². The molecule has 0 aliphatic carbocycles. The lowest BCUT2D eigenvalue weighted by molar-refractivity contribution is 0.450. The molecule has 1 nitrogen and oxygen atoms in total. The molecule has 0 unspecified atom stereocenters. The van der Waals surface area contributed by atoms with Crippen LogP contribution in [0.2, 0.25) is 0 Å². The first kappa shape index (κ1) is 48.9. The van der Waals surface area contributed by atoms with E-state index in [-0.39, 0.29) is 21.7 Å². The molecule has 0 aliphatic rings. The number of rotatable bonds is 26. The van der Waals surface area contributed by atoms with Gasteiger partial charge in [0.25, 0.3) is 18.1 Å². The SMILES string of the molecule is CCCCCC(C)(C)c1cccc([Si](O[Si](c2cccc(C(C)(C)CCCCC)c2)c2cccc(C(C)(C)CCCCC)c2)c2cccc(C(C)(C)CCCCC)c2)c1. The summed E-state index contributed by atoms with van der Waals surface area (Å²) in [7, 11) is -3.38. The first-order valence-corrected chi connectivity index (χ1v) is 26.8. The van der Waals surface area contributed by atoms with Gasteiger partial charge in [-0.25, -0.2) is 0 Å². The monoisotopic (exact) mass is 829 g/mol. The molecule has 0 spiro atoms. The molecule has 4 aromatic rings. The third kappa shape index (κ3) is 14.2. The Morgan fingerprint density at radius 3 is 0.763 bits per heavy atom. The minimum absolute atomic E-state index is 0.102. The maximum absolute atomic E-state index is 8.06. The lowest BCUT2D eigenvalue weighted by atomic mass is 9.80. The summed E-state index contributed by atoms with van der Waals surface area (Å²) in [6.45, 7) is 28.8. The molecular weight excluding hydrogens is 745 g/mol. The fraction of sp³-hybridized carbons (Fsp3) is 0.571. The average molecular weight is 829 g/mol. The van der Waals surface area contributed by atoms with E-state index in [1.165, 1.54) is 146 Å². The van der Waals surface area contributed by atoms with Crippen molar-refractivity contribution < 1.29 is 4.12 Å². The highest BCUT2D eigenvalue weighted by molar-refractivity contribution is 6.91. The van der Waals surface area contributed by atoms with Crippen molar-refractivity contribution in [1.29, 1.82) is 0 Å². The highest BCUT2D eigenvalue weighted by atomic mass is 28.4. The van der Waals surface area contributed by atoms with E-state index in [0.717, 1.165) is 0 Å². The molecule has 0 atom stereocenters. The van der Waals surface area contributed by atoms with E-state index in [2.05, 4.69) is 180 Å². The lowest BCUT2D eigenvalue weighted by Crippen LogP contribution is -2.56. The van der Waals surface area contributed by atoms with Crippen LogP contribution in [0.1, 0.15) is 208 Å². The second-order valence-electron chi connectivity index (χ2n) is 20.4. The van der Waals surface area contributed by atoms with Gasteiger partial charge in [-0.1, -0.05) is 257 Å². The molecule has 322 valence electrons. The molecule has 0 saturated carbocycles. The van der Waals surface area contributed by atoms with Gasteiger partial charge in [0.2, 0.25) is 0 Å². The summed E-state index contributed by atoms with van der Waals surface area (Å²) in [5.41, 5.74) is 6.16. The first-order chi connectivity index (χ1) is 28.1. The van der Waals surface area contributed by atoms with E-state index in [1.54, 1.807) is 0 Å². The van der Waals surface area contributed by atoms with Crippen molar-refractivity contribution >= 4 is 38.8 Å². The second kappa shape index (κ2) is 22.9. The molecule has 0 aromatic heterocycles. The predicted octanol–water partition coefficient (Wildman–Crippen LogP) is 14.0. The Kier molecular flexibility index (Phi) is 19.0. The number of hydrogen-bond acceptors (Lipinski definition) is 1. The van der Waals surface area contributed by atoms with Crippen LogP contribution in [-0.4, -0.2) is 18.1 Å². The van der Waals surface area contributed by atoms with E-state index < -0.39 is 18.1 Å². The molecular formula is C56H84OSi2. The van der Waals surface area contributed by atoms with Gasteiger partial charge < -0.3 is 4.12 Å². The summed E-state index contributed by atoms with van der Waals surface area (Å²) < 4.78 is 8.06. The first-order valence-electron chi connectivity index (χ1n) is 23.9. The average Bonchev–Trinajstić information content (AvgIpc) is 3.21. The van der Waals surface area contributed by atoms with Gasteiger partial charge in [0.05, 0.1) is 0 Å². The van der Waals surface area contributed by atoms with Crippen LogP contribution in [0.3, 0.4) is 0 Å². The normalized spacial score (nSPS) is 12.8. The predicted molar refractivity (Wildman–Crippen MR) is 266 cm³/mol. The molecule has 59 heavy (non-hydrogen) atoms. The Bertz CT molecular complexity index is 1570. The molecule has 0 fully saturated rings. The Labute approximate surface area is 368 Å². The smallest absolute Gasteiger partial charge is 0.272 e. The Morgan fingerprint density at radius 1 is 0.339 bits per heavy atom. The van der Waals surface area contributed by atoms with Gasteiger partial charge in [-0.15, -0.1) is 0 Å². The molecule has 0 saturated heterocycles. The van der Waals surface area contributed by atoms with Gasteiger partial charge in [0, 0.05) is 0 Å². The van der Waals surface area contributed by atoms with Crippen LogP contribution in [0.4, 0.5) is 0 Å². The Balaban J connectivity index is 1.93. The fourth-order valence-corrected chi connectivity index (χ4v) is 14.3. The van der Waals surface area contributed by atoms with Gasteiger partial charge in [-0.3, -0.25) is 0 Å². The third-order valence-corrected chi connectivity index (χ3v) is 18.4. The zero-order valence-corrected chi connectivity index (χ0v) is 42.0. The highest BCUT2D eigenvalue weighted by Gasteiger charge is 2.33. The van der Waals surface area contributed by atoms with Gasteiger partial charge >= 0.3 is 0 Å². The van der Waals surface area contributed by atoms with Crippen LogP contribution in [0, 0.1) is 0 Å². The summed E-state index contributed by atoms with van der Waals surface area (Å²) in [5.74, 6) is 0. The number of unbranched alkanes of at least 4 members (excludes halogenated alkanes) is 8. The van der Waals surface area contributed by atoms with E-state index >= 15 is 0 Å². The van der Waals surface area contributed by atoms with Crippen molar-refractivity contribution in [1.82, 2.24) is 0 Å². The molecule has 0 N–H and O–H groups in total. The van der Waals surface area contributed by atoms with Gasteiger partial charge in [0.15, 0.2) is 0 Å². The van der Waals surface area contributed by atoms with Crippen LogP contribution in [0.25, 0.3) is 0 Å². The van der Waals surface area contributed by atoms with Crippen molar-refractivity contribution in [2.75, 3.05) is 0 Å². The summed E-state index contributed by atoms with van der Waals surface area (Å²) in [5, 5.41) is 5.47. The Morgan fingerprint density at radius 2 is 0.559 bits per heavy atom. The maximum Gasteiger partial charge on any atom is 0.272 e. The topological polar surface area (TPSA) is 9.23 Å². The second-order valence-corrected chi connectivity index (χ2v) is 24.9.